The molecule has 1 aromatic heterocycles. The van der Waals surface area contributed by atoms with E-state index >= 15 is 0 Å². The van der Waals surface area contributed by atoms with Gasteiger partial charge in [-0.3, -0.25) is 9.78 Å². The van der Waals surface area contributed by atoms with Gasteiger partial charge in [-0.15, -0.1) is 0 Å². The Balaban J connectivity index is 1.64. The van der Waals surface area contributed by atoms with Crippen LogP contribution < -0.4 is 9.64 Å². The highest BCUT2D eigenvalue weighted by Gasteiger charge is 2.27. The Hall–Kier alpha value is -2.36. The Labute approximate surface area is 124 Å². The maximum absolute atomic E-state index is 12.3. The molecular weight excluding hydrogens is 264 g/mol. The molecule has 0 amide bonds. The summed E-state index contributed by atoms with van der Waals surface area (Å²) in [6.07, 6.45) is 5.44. The number of nitrogens with zero attached hydrogens (tertiary/aromatic N) is 2. The van der Waals surface area contributed by atoms with Gasteiger partial charge in [0.05, 0.1) is 5.92 Å². The number of anilines is 1. The lowest BCUT2D eigenvalue weighted by molar-refractivity contribution is -0.139. The lowest BCUT2D eigenvalue weighted by atomic mass is 9.98. The van der Waals surface area contributed by atoms with Crippen LogP contribution in [0.15, 0.2) is 54.9 Å². The molecular formula is C17H18N2O2. The molecule has 21 heavy (non-hydrogen) atoms. The van der Waals surface area contributed by atoms with E-state index < -0.39 is 0 Å². The number of esters is 1. The summed E-state index contributed by atoms with van der Waals surface area (Å²) in [4.78, 5) is 18.5. The molecule has 0 radical (unpaired) electrons. The highest BCUT2D eigenvalue weighted by molar-refractivity contribution is 5.76. The van der Waals surface area contributed by atoms with Gasteiger partial charge in [0.1, 0.15) is 5.75 Å². The van der Waals surface area contributed by atoms with E-state index in [1.165, 1.54) is 0 Å². The number of carbonyl (C=O) groups excluding carboxylic acids is 1. The molecule has 0 spiro atoms. The molecule has 0 aliphatic carbocycles. The van der Waals surface area contributed by atoms with Gasteiger partial charge in [-0.25, -0.2) is 0 Å². The highest BCUT2D eigenvalue weighted by atomic mass is 16.5. The molecule has 108 valence electrons. The summed E-state index contributed by atoms with van der Waals surface area (Å²) in [6, 6.07) is 13.2. The van der Waals surface area contributed by atoms with Crippen molar-refractivity contribution < 1.29 is 9.53 Å². The highest BCUT2D eigenvalue weighted by Crippen LogP contribution is 2.24. The van der Waals surface area contributed by atoms with Crippen molar-refractivity contribution in [1.82, 2.24) is 4.98 Å². The standard InChI is InChI=1S/C17H18N2O2/c20-17(21-16-6-2-1-3-7-16)14-5-4-12-19(13-14)15-8-10-18-11-9-15/h1-3,6-11,14H,4-5,12-13H2. The van der Waals surface area contributed by atoms with Crippen LogP contribution in [0.5, 0.6) is 5.75 Å². The lowest BCUT2D eigenvalue weighted by Gasteiger charge is -2.33. The normalized spacial score (nSPS) is 18.3. The molecule has 2 heterocycles. The van der Waals surface area contributed by atoms with Gasteiger partial charge in [0.15, 0.2) is 0 Å². The molecule has 1 unspecified atom stereocenters. The van der Waals surface area contributed by atoms with E-state index in [9.17, 15) is 4.79 Å². The van der Waals surface area contributed by atoms with Gasteiger partial charge in [-0.05, 0) is 37.1 Å². The van der Waals surface area contributed by atoms with Gasteiger partial charge in [-0.1, -0.05) is 18.2 Å². The second-order valence-electron chi connectivity index (χ2n) is 5.22. The molecule has 3 rings (SSSR count). The third-order valence-electron chi connectivity index (χ3n) is 3.74. The fraction of sp³-hybridized carbons (Fsp3) is 0.294. The van der Waals surface area contributed by atoms with E-state index in [1.54, 1.807) is 24.5 Å². The number of ether oxygens (including phenoxy) is 1. The molecule has 1 aliphatic rings. The second kappa shape index (κ2) is 6.39. The summed E-state index contributed by atoms with van der Waals surface area (Å²) in [5.74, 6) is 0.399. The van der Waals surface area contributed by atoms with Crippen LogP contribution in [0, 0.1) is 5.92 Å². The van der Waals surface area contributed by atoms with Crippen LogP contribution in [0.1, 0.15) is 12.8 Å². The van der Waals surface area contributed by atoms with Crippen molar-refractivity contribution in [2.24, 2.45) is 5.92 Å². The summed E-state index contributed by atoms with van der Waals surface area (Å²) in [5, 5.41) is 0. The quantitative estimate of drug-likeness (QED) is 0.641. The van der Waals surface area contributed by atoms with Gasteiger partial charge in [0.2, 0.25) is 0 Å². The number of pyridine rings is 1. The van der Waals surface area contributed by atoms with Gasteiger partial charge in [-0.2, -0.15) is 0 Å². The molecule has 1 fully saturated rings. The van der Waals surface area contributed by atoms with Crippen molar-refractivity contribution in [3.63, 3.8) is 0 Å². The Morgan fingerprint density at radius 2 is 1.90 bits per heavy atom. The van der Waals surface area contributed by atoms with Crippen LogP contribution in [0.4, 0.5) is 5.69 Å². The molecule has 4 heteroatoms. The third kappa shape index (κ3) is 3.40. The Kier molecular flexibility index (Phi) is 4.15. The van der Waals surface area contributed by atoms with Crippen LogP contribution in [-0.2, 0) is 4.79 Å². The SMILES string of the molecule is O=C(Oc1ccccc1)C1CCCN(c2ccncc2)C1. The molecule has 1 aromatic carbocycles. The zero-order valence-corrected chi connectivity index (χ0v) is 11.8. The number of benzene rings is 1. The first-order chi connectivity index (χ1) is 10.3. The lowest BCUT2D eigenvalue weighted by Crippen LogP contribution is -2.40. The van der Waals surface area contributed by atoms with Gasteiger partial charge in [0, 0.05) is 31.2 Å². The first-order valence-corrected chi connectivity index (χ1v) is 7.24. The minimum absolute atomic E-state index is 0.0767. The molecule has 0 bridgehead atoms. The summed E-state index contributed by atoms with van der Waals surface area (Å²) < 4.78 is 5.46. The number of piperidine rings is 1. The second-order valence-corrected chi connectivity index (χ2v) is 5.22. The van der Waals surface area contributed by atoms with E-state index in [1.807, 2.05) is 30.3 Å². The summed E-state index contributed by atoms with van der Waals surface area (Å²) in [5.41, 5.74) is 1.11. The largest absolute Gasteiger partial charge is 0.426 e. The predicted octanol–water partition coefficient (Wildman–Crippen LogP) is 2.90. The van der Waals surface area contributed by atoms with Crippen molar-refractivity contribution in [1.29, 1.82) is 0 Å². The van der Waals surface area contributed by atoms with E-state index in [0.717, 1.165) is 25.1 Å². The maximum atomic E-state index is 12.3. The minimum atomic E-state index is -0.139. The number of para-hydroxylation sites is 1. The first-order valence-electron chi connectivity index (χ1n) is 7.24. The van der Waals surface area contributed by atoms with Crippen LogP contribution in [0.3, 0.4) is 0 Å². The topological polar surface area (TPSA) is 42.4 Å². The first kappa shape index (κ1) is 13.6. The van der Waals surface area contributed by atoms with Crippen LogP contribution in [-0.4, -0.2) is 24.0 Å². The van der Waals surface area contributed by atoms with Crippen molar-refractivity contribution in [2.75, 3.05) is 18.0 Å². The minimum Gasteiger partial charge on any atom is -0.426 e. The number of rotatable bonds is 3. The van der Waals surface area contributed by atoms with E-state index in [-0.39, 0.29) is 11.9 Å². The monoisotopic (exact) mass is 282 g/mol. The summed E-state index contributed by atoms with van der Waals surface area (Å²) >= 11 is 0. The molecule has 1 aliphatic heterocycles. The molecule has 2 aromatic rings. The van der Waals surface area contributed by atoms with E-state index in [0.29, 0.717) is 12.3 Å². The average molecular weight is 282 g/mol. The zero-order valence-electron chi connectivity index (χ0n) is 11.8. The average Bonchev–Trinajstić information content (AvgIpc) is 2.57. The molecule has 1 atom stereocenters. The Morgan fingerprint density at radius 1 is 1.14 bits per heavy atom. The molecule has 0 N–H and O–H groups in total. The maximum Gasteiger partial charge on any atom is 0.316 e. The van der Waals surface area contributed by atoms with Crippen LogP contribution >= 0.6 is 0 Å². The third-order valence-corrected chi connectivity index (χ3v) is 3.74. The molecule has 1 saturated heterocycles. The summed E-state index contributed by atoms with van der Waals surface area (Å²) in [7, 11) is 0. The van der Waals surface area contributed by atoms with Gasteiger partial charge >= 0.3 is 5.97 Å². The van der Waals surface area contributed by atoms with E-state index in [2.05, 4.69) is 9.88 Å². The van der Waals surface area contributed by atoms with Gasteiger partial charge < -0.3 is 9.64 Å². The van der Waals surface area contributed by atoms with Crippen LogP contribution in [0.2, 0.25) is 0 Å². The number of carbonyl (C=O) groups is 1. The zero-order chi connectivity index (χ0) is 14.5. The van der Waals surface area contributed by atoms with Gasteiger partial charge in [0.25, 0.3) is 0 Å². The van der Waals surface area contributed by atoms with Crippen molar-refractivity contribution in [3.05, 3.63) is 54.9 Å². The van der Waals surface area contributed by atoms with Crippen molar-refractivity contribution in [3.8, 4) is 5.75 Å². The fourth-order valence-electron chi connectivity index (χ4n) is 2.65. The van der Waals surface area contributed by atoms with E-state index in [4.69, 9.17) is 4.74 Å². The fourth-order valence-corrected chi connectivity index (χ4v) is 2.65. The van der Waals surface area contributed by atoms with Crippen molar-refractivity contribution >= 4 is 11.7 Å². The smallest absolute Gasteiger partial charge is 0.316 e. The Bertz CT molecular complexity index is 586. The predicted molar refractivity (Wildman–Crippen MR) is 81.3 cm³/mol. The number of aromatic nitrogens is 1. The number of hydrogen-bond donors (Lipinski definition) is 0. The van der Waals surface area contributed by atoms with Crippen molar-refractivity contribution in [2.45, 2.75) is 12.8 Å². The molecule has 0 saturated carbocycles. The van der Waals surface area contributed by atoms with Crippen LogP contribution in [0.25, 0.3) is 0 Å². The summed E-state index contributed by atoms with van der Waals surface area (Å²) in [6.45, 7) is 1.68. The Morgan fingerprint density at radius 3 is 2.67 bits per heavy atom. The molecule has 4 nitrogen and oxygen atoms in total. The number of hydrogen-bond acceptors (Lipinski definition) is 4.